The van der Waals surface area contributed by atoms with Crippen LogP contribution in [-0.2, 0) is 0 Å². The van der Waals surface area contributed by atoms with E-state index in [0.717, 1.165) is 0 Å². The highest BCUT2D eigenvalue weighted by Crippen LogP contribution is 2.32. The highest BCUT2D eigenvalue weighted by Gasteiger charge is 2.11. The van der Waals surface area contributed by atoms with Crippen LogP contribution in [0.15, 0.2) is 10.2 Å². The zero-order valence-corrected chi connectivity index (χ0v) is 10.1. The van der Waals surface area contributed by atoms with Crippen molar-refractivity contribution in [2.24, 2.45) is 10.2 Å². The fourth-order valence-corrected chi connectivity index (χ4v) is 1.32. The Balaban J connectivity index is 2.45. The Morgan fingerprint density at radius 2 is 0.750 bits per heavy atom. The van der Waals surface area contributed by atoms with Gasteiger partial charge in [-0.3, -0.25) is 0 Å². The number of azo groups is 1. The van der Waals surface area contributed by atoms with Crippen molar-refractivity contribution in [2.75, 3.05) is 34.4 Å². The first-order chi connectivity index (χ1) is 9.38. The lowest BCUT2D eigenvalue weighted by Crippen LogP contribution is -2.04. The minimum Gasteiger partial charge on any atom is -0.382 e. The fraction of sp³-hybridized carbons (Fsp3) is 0. The third-order valence-electron chi connectivity index (χ3n) is 2.16. The van der Waals surface area contributed by atoms with E-state index < -0.39 is 0 Å². The van der Waals surface area contributed by atoms with E-state index in [1.807, 2.05) is 0 Å². The van der Waals surface area contributed by atoms with Crippen LogP contribution in [0.25, 0.3) is 0 Å². The van der Waals surface area contributed by atoms with E-state index in [1.165, 1.54) is 0 Å². The van der Waals surface area contributed by atoms with Gasteiger partial charge in [0.15, 0.2) is 34.6 Å². The third kappa shape index (κ3) is 2.38. The maximum atomic E-state index is 5.61. The lowest BCUT2D eigenvalue weighted by Gasteiger charge is -2.04. The van der Waals surface area contributed by atoms with Crippen LogP contribution in [0, 0.1) is 0 Å². The Morgan fingerprint density at radius 1 is 0.500 bits per heavy atom. The minimum atomic E-state index is -0.0752. The molecule has 2 heterocycles. The minimum absolute atomic E-state index is 0.0349. The van der Waals surface area contributed by atoms with Crippen LogP contribution in [0.4, 0.5) is 46.5 Å². The summed E-state index contributed by atoms with van der Waals surface area (Å²) in [6.45, 7) is 0. The molecular weight excluding hydrogens is 264 g/mol. The largest absolute Gasteiger partial charge is 0.382 e. The molecule has 2 rings (SSSR count). The molecule has 12 heteroatoms. The maximum absolute atomic E-state index is 5.61. The molecule has 0 saturated heterocycles. The van der Waals surface area contributed by atoms with E-state index in [-0.39, 0.29) is 46.5 Å². The van der Waals surface area contributed by atoms with Gasteiger partial charge in [-0.15, -0.1) is 10.2 Å². The van der Waals surface area contributed by atoms with Crippen molar-refractivity contribution in [3.63, 3.8) is 0 Å². The molecule has 0 aliphatic heterocycles. The fourth-order valence-electron chi connectivity index (χ4n) is 1.32. The van der Waals surface area contributed by atoms with Crippen LogP contribution in [0.3, 0.4) is 0 Å². The molecule has 0 aliphatic carbocycles. The van der Waals surface area contributed by atoms with Crippen molar-refractivity contribution < 1.29 is 0 Å². The molecular formula is C8H12N12. The molecule has 12 nitrogen and oxygen atoms in total. The van der Waals surface area contributed by atoms with Crippen molar-refractivity contribution in [2.45, 2.75) is 0 Å². The van der Waals surface area contributed by atoms with Gasteiger partial charge in [-0.2, -0.15) is 19.9 Å². The Labute approximate surface area is 112 Å². The molecule has 0 saturated carbocycles. The molecule has 0 unspecified atom stereocenters. The molecule has 2 aromatic heterocycles. The second kappa shape index (κ2) is 4.68. The van der Waals surface area contributed by atoms with Crippen LogP contribution in [0.1, 0.15) is 0 Å². The van der Waals surface area contributed by atoms with Crippen LogP contribution in [0.2, 0.25) is 0 Å². The van der Waals surface area contributed by atoms with Crippen molar-refractivity contribution in [1.82, 2.24) is 19.9 Å². The second-order valence-corrected chi connectivity index (χ2v) is 3.60. The first-order valence-corrected chi connectivity index (χ1v) is 5.17. The number of rotatable bonds is 2. The number of nitrogen functional groups attached to an aromatic ring is 6. The molecule has 12 N–H and O–H groups in total. The number of hydrogen-bond donors (Lipinski definition) is 6. The molecule has 20 heavy (non-hydrogen) atoms. The zero-order chi connectivity index (χ0) is 14.9. The van der Waals surface area contributed by atoms with Gasteiger partial charge in [0.05, 0.1) is 0 Å². The lowest BCUT2D eigenvalue weighted by molar-refractivity contribution is 1.13. The van der Waals surface area contributed by atoms with E-state index in [1.54, 1.807) is 0 Å². The van der Waals surface area contributed by atoms with E-state index in [0.29, 0.717) is 0 Å². The summed E-state index contributed by atoms with van der Waals surface area (Å²) >= 11 is 0. The predicted octanol–water partition coefficient (Wildman–Crippen LogP) is -0.825. The molecule has 0 fully saturated rings. The summed E-state index contributed by atoms with van der Waals surface area (Å²) in [6.07, 6.45) is 0. The summed E-state index contributed by atoms with van der Waals surface area (Å²) in [5.74, 6) is -0.290. The number of hydrogen-bond acceptors (Lipinski definition) is 12. The van der Waals surface area contributed by atoms with Gasteiger partial charge in [-0.25, -0.2) is 0 Å². The topological polar surface area (TPSA) is 232 Å². The van der Waals surface area contributed by atoms with Gasteiger partial charge in [0, 0.05) is 0 Å². The molecule has 0 bridgehead atoms. The summed E-state index contributed by atoms with van der Waals surface area (Å²) in [5, 5.41) is 7.56. The standard InChI is InChI=1S/C8H12N12/c9-3-1(4(10)16-7(13)15-3)19-20-2-5(11)17-8(14)18-6(2)12/h(H6,9,10,13,15,16)(H6,11,12,14,17,18). The Hall–Kier alpha value is -3.44. The van der Waals surface area contributed by atoms with Gasteiger partial charge in [-0.1, -0.05) is 0 Å². The molecule has 0 aliphatic rings. The van der Waals surface area contributed by atoms with Crippen molar-refractivity contribution in [3.05, 3.63) is 0 Å². The summed E-state index contributed by atoms with van der Waals surface area (Å²) in [4.78, 5) is 14.8. The van der Waals surface area contributed by atoms with Crippen LogP contribution < -0.4 is 34.4 Å². The highest BCUT2D eigenvalue weighted by atomic mass is 15.2. The molecule has 0 aromatic carbocycles. The highest BCUT2D eigenvalue weighted by molar-refractivity contribution is 5.74. The van der Waals surface area contributed by atoms with Crippen molar-refractivity contribution in [3.8, 4) is 0 Å². The average Bonchev–Trinajstić information content (AvgIpc) is 2.30. The number of nitrogens with two attached hydrogens (primary N) is 6. The third-order valence-corrected chi connectivity index (χ3v) is 2.16. The summed E-state index contributed by atoms with van der Waals surface area (Å²) < 4.78 is 0. The summed E-state index contributed by atoms with van der Waals surface area (Å²) in [7, 11) is 0. The van der Waals surface area contributed by atoms with Gasteiger partial charge in [0.2, 0.25) is 11.9 Å². The molecule has 104 valence electrons. The van der Waals surface area contributed by atoms with Gasteiger partial charge < -0.3 is 34.4 Å². The lowest BCUT2D eigenvalue weighted by atomic mass is 10.4. The van der Waals surface area contributed by atoms with Crippen molar-refractivity contribution in [1.29, 1.82) is 0 Å². The van der Waals surface area contributed by atoms with Crippen LogP contribution in [0.5, 0.6) is 0 Å². The van der Waals surface area contributed by atoms with Crippen molar-refractivity contribution >= 4 is 46.5 Å². The van der Waals surface area contributed by atoms with Crippen LogP contribution >= 0.6 is 0 Å². The van der Waals surface area contributed by atoms with E-state index in [9.17, 15) is 0 Å². The Bertz CT molecular complexity index is 586. The van der Waals surface area contributed by atoms with Crippen LogP contribution in [-0.4, -0.2) is 19.9 Å². The number of anilines is 6. The summed E-state index contributed by atoms with van der Waals surface area (Å²) in [6, 6.07) is 0. The van der Waals surface area contributed by atoms with Gasteiger partial charge >= 0.3 is 0 Å². The maximum Gasteiger partial charge on any atom is 0.224 e. The van der Waals surface area contributed by atoms with E-state index in [4.69, 9.17) is 34.4 Å². The molecule has 0 radical (unpaired) electrons. The molecule has 2 aromatic rings. The second-order valence-electron chi connectivity index (χ2n) is 3.60. The number of aromatic nitrogens is 4. The van der Waals surface area contributed by atoms with E-state index in [2.05, 4.69) is 30.2 Å². The zero-order valence-electron chi connectivity index (χ0n) is 10.1. The molecule has 0 spiro atoms. The van der Waals surface area contributed by atoms with E-state index >= 15 is 0 Å². The monoisotopic (exact) mass is 276 g/mol. The molecule has 0 amide bonds. The Kier molecular flexibility index (Phi) is 3.04. The first kappa shape index (κ1) is 13.0. The average molecular weight is 276 g/mol. The Morgan fingerprint density at radius 3 is 1.00 bits per heavy atom. The molecule has 0 atom stereocenters. The first-order valence-electron chi connectivity index (χ1n) is 5.17. The number of nitrogens with zero attached hydrogens (tertiary/aromatic N) is 6. The summed E-state index contributed by atoms with van der Waals surface area (Å²) in [5.41, 5.74) is 33.2. The smallest absolute Gasteiger partial charge is 0.224 e. The van der Waals surface area contributed by atoms with Gasteiger partial charge in [0.25, 0.3) is 0 Å². The normalized spacial score (nSPS) is 11.0. The SMILES string of the molecule is Nc1nc(N)c(N=Nc2c(N)nc(N)nc2N)c(N)n1. The van der Waals surface area contributed by atoms with Gasteiger partial charge in [0.1, 0.15) is 0 Å². The van der Waals surface area contributed by atoms with Gasteiger partial charge in [-0.05, 0) is 0 Å². The predicted molar refractivity (Wildman–Crippen MR) is 74.7 cm³/mol. The quantitative estimate of drug-likeness (QED) is 0.372.